The minimum Gasteiger partial charge on any atom is -0.492 e. The summed E-state index contributed by atoms with van der Waals surface area (Å²) in [6.07, 6.45) is 0. The number of rotatable bonds is 6. The van der Waals surface area contributed by atoms with Gasteiger partial charge in [-0.05, 0) is 41.5 Å². The summed E-state index contributed by atoms with van der Waals surface area (Å²) < 4.78 is 18.3. The lowest BCUT2D eigenvalue weighted by atomic mass is 9.99. The first-order chi connectivity index (χ1) is 12.2. The number of carbonyl (C=O) groups is 1. The normalized spacial score (nSPS) is 10.3. The van der Waals surface area contributed by atoms with Crippen molar-refractivity contribution in [3.05, 3.63) is 90.2 Å². The minimum absolute atomic E-state index is 0.151. The fourth-order valence-corrected chi connectivity index (χ4v) is 2.51. The molecule has 0 aliphatic carbocycles. The van der Waals surface area contributed by atoms with Gasteiger partial charge in [0.15, 0.2) is 0 Å². The van der Waals surface area contributed by atoms with Crippen LogP contribution < -0.4 is 10.1 Å². The zero-order valence-electron chi connectivity index (χ0n) is 13.6. The molecule has 0 heterocycles. The number of amides is 1. The van der Waals surface area contributed by atoms with E-state index in [4.69, 9.17) is 4.74 Å². The van der Waals surface area contributed by atoms with Crippen LogP contribution in [0.3, 0.4) is 0 Å². The monoisotopic (exact) mass is 335 g/mol. The summed E-state index contributed by atoms with van der Waals surface area (Å²) in [6.45, 7) is 0.671. The van der Waals surface area contributed by atoms with E-state index in [0.717, 1.165) is 11.1 Å². The largest absolute Gasteiger partial charge is 0.492 e. The molecule has 126 valence electrons. The summed E-state index contributed by atoms with van der Waals surface area (Å²) >= 11 is 0. The first kappa shape index (κ1) is 16.7. The van der Waals surface area contributed by atoms with Crippen LogP contribution in [0.2, 0.25) is 0 Å². The van der Waals surface area contributed by atoms with Crippen molar-refractivity contribution in [2.75, 3.05) is 13.2 Å². The third-order valence-corrected chi connectivity index (χ3v) is 3.73. The molecule has 0 aliphatic heterocycles. The highest BCUT2D eigenvalue weighted by atomic mass is 19.1. The molecule has 25 heavy (non-hydrogen) atoms. The third kappa shape index (κ3) is 4.44. The maximum absolute atomic E-state index is 12.8. The van der Waals surface area contributed by atoms with Crippen LogP contribution in [0.5, 0.6) is 5.75 Å². The SMILES string of the molecule is O=C(NCCOc1ccc(F)cc1)c1ccccc1-c1ccccc1. The number of carbonyl (C=O) groups excluding carboxylic acids is 1. The van der Waals surface area contributed by atoms with Crippen LogP contribution >= 0.6 is 0 Å². The standard InChI is InChI=1S/C21H18FNO2/c22-17-10-12-18(13-11-17)25-15-14-23-21(24)20-9-5-4-8-19(20)16-6-2-1-3-7-16/h1-13H,14-15H2,(H,23,24). The second-order valence-electron chi connectivity index (χ2n) is 5.47. The van der Waals surface area contributed by atoms with Gasteiger partial charge in [0.1, 0.15) is 18.2 Å². The van der Waals surface area contributed by atoms with Crippen molar-refractivity contribution in [1.82, 2.24) is 5.32 Å². The average molecular weight is 335 g/mol. The first-order valence-corrected chi connectivity index (χ1v) is 8.05. The second-order valence-corrected chi connectivity index (χ2v) is 5.47. The predicted octanol–water partition coefficient (Wildman–Crippen LogP) is 4.30. The molecule has 1 amide bonds. The fourth-order valence-electron chi connectivity index (χ4n) is 2.51. The van der Waals surface area contributed by atoms with E-state index in [1.165, 1.54) is 12.1 Å². The van der Waals surface area contributed by atoms with Crippen LogP contribution in [-0.4, -0.2) is 19.1 Å². The Bertz CT molecular complexity index is 832. The van der Waals surface area contributed by atoms with Crippen molar-refractivity contribution in [3.8, 4) is 16.9 Å². The average Bonchev–Trinajstić information content (AvgIpc) is 2.67. The lowest BCUT2D eigenvalue weighted by Crippen LogP contribution is -2.28. The topological polar surface area (TPSA) is 38.3 Å². The van der Waals surface area contributed by atoms with Gasteiger partial charge >= 0.3 is 0 Å². The second kappa shape index (κ2) is 8.11. The zero-order valence-corrected chi connectivity index (χ0v) is 13.6. The zero-order chi connectivity index (χ0) is 17.5. The van der Waals surface area contributed by atoms with Gasteiger partial charge < -0.3 is 10.1 Å². The van der Waals surface area contributed by atoms with Gasteiger partial charge in [0.2, 0.25) is 0 Å². The maximum Gasteiger partial charge on any atom is 0.252 e. The number of nitrogens with one attached hydrogen (secondary N) is 1. The molecule has 0 atom stereocenters. The van der Waals surface area contributed by atoms with E-state index in [-0.39, 0.29) is 11.7 Å². The molecule has 3 rings (SSSR count). The van der Waals surface area contributed by atoms with E-state index in [1.54, 1.807) is 18.2 Å². The Balaban J connectivity index is 1.59. The van der Waals surface area contributed by atoms with Gasteiger partial charge in [0.25, 0.3) is 5.91 Å². The lowest BCUT2D eigenvalue weighted by Gasteiger charge is -2.11. The van der Waals surface area contributed by atoms with Crippen molar-refractivity contribution in [3.63, 3.8) is 0 Å². The summed E-state index contributed by atoms with van der Waals surface area (Å²) in [5, 5.41) is 2.85. The Kier molecular flexibility index (Phi) is 5.42. The Morgan fingerprint density at radius 1 is 0.880 bits per heavy atom. The fraction of sp³-hybridized carbons (Fsp3) is 0.0952. The van der Waals surface area contributed by atoms with Gasteiger partial charge in [-0.1, -0.05) is 48.5 Å². The van der Waals surface area contributed by atoms with Crippen molar-refractivity contribution in [2.24, 2.45) is 0 Å². The Morgan fingerprint density at radius 3 is 2.32 bits per heavy atom. The van der Waals surface area contributed by atoms with Gasteiger partial charge in [-0.25, -0.2) is 4.39 Å². The van der Waals surface area contributed by atoms with Gasteiger partial charge in [-0.3, -0.25) is 4.79 Å². The summed E-state index contributed by atoms with van der Waals surface area (Å²) in [5.74, 6) is 0.112. The first-order valence-electron chi connectivity index (χ1n) is 8.05. The van der Waals surface area contributed by atoms with E-state index in [2.05, 4.69) is 5.32 Å². The molecule has 0 aromatic heterocycles. The van der Waals surface area contributed by atoms with Crippen molar-refractivity contribution in [2.45, 2.75) is 0 Å². The van der Waals surface area contributed by atoms with Crippen LogP contribution in [0, 0.1) is 5.82 Å². The predicted molar refractivity (Wildman–Crippen MR) is 96.1 cm³/mol. The van der Waals surface area contributed by atoms with Gasteiger partial charge in [-0.2, -0.15) is 0 Å². The van der Waals surface area contributed by atoms with E-state index >= 15 is 0 Å². The summed E-state index contributed by atoms with van der Waals surface area (Å²) in [4.78, 5) is 12.5. The van der Waals surface area contributed by atoms with Gasteiger partial charge in [0.05, 0.1) is 6.54 Å². The van der Waals surface area contributed by atoms with Crippen LogP contribution in [0.1, 0.15) is 10.4 Å². The van der Waals surface area contributed by atoms with Crippen LogP contribution in [0.25, 0.3) is 11.1 Å². The number of hydrogen-bond acceptors (Lipinski definition) is 2. The highest BCUT2D eigenvalue weighted by Crippen LogP contribution is 2.23. The molecule has 0 radical (unpaired) electrons. The Hall–Kier alpha value is -3.14. The van der Waals surface area contributed by atoms with Crippen molar-refractivity contribution >= 4 is 5.91 Å². The number of ether oxygens (including phenoxy) is 1. The van der Waals surface area contributed by atoms with Crippen LogP contribution in [0.15, 0.2) is 78.9 Å². The van der Waals surface area contributed by atoms with Crippen molar-refractivity contribution < 1.29 is 13.9 Å². The van der Waals surface area contributed by atoms with Gasteiger partial charge in [-0.15, -0.1) is 0 Å². The van der Waals surface area contributed by atoms with Crippen LogP contribution in [-0.2, 0) is 0 Å². The summed E-state index contributed by atoms with van der Waals surface area (Å²) in [7, 11) is 0. The molecule has 0 saturated carbocycles. The molecule has 3 nitrogen and oxygen atoms in total. The molecular formula is C21H18FNO2. The molecule has 0 spiro atoms. The smallest absolute Gasteiger partial charge is 0.252 e. The molecule has 0 saturated heterocycles. The molecule has 4 heteroatoms. The molecule has 0 bridgehead atoms. The number of halogens is 1. The molecule has 0 unspecified atom stereocenters. The summed E-state index contributed by atoms with van der Waals surface area (Å²) in [5.41, 5.74) is 2.51. The quantitative estimate of drug-likeness (QED) is 0.682. The lowest BCUT2D eigenvalue weighted by molar-refractivity contribution is 0.0947. The van der Waals surface area contributed by atoms with Crippen molar-refractivity contribution in [1.29, 1.82) is 0 Å². The highest BCUT2D eigenvalue weighted by molar-refractivity contribution is 6.00. The Labute approximate surface area is 146 Å². The van der Waals surface area contributed by atoms with Crippen LogP contribution in [0.4, 0.5) is 4.39 Å². The third-order valence-electron chi connectivity index (χ3n) is 3.73. The van der Waals surface area contributed by atoms with E-state index < -0.39 is 0 Å². The highest BCUT2D eigenvalue weighted by Gasteiger charge is 2.11. The minimum atomic E-state index is -0.307. The molecule has 3 aromatic rings. The number of hydrogen-bond donors (Lipinski definition) is 1. The van der Waals surface area contributed by atoms with Gasteiger partial charge in [0, 0.05) is 5.56 Å². The summed E-state index contributed by atoms with van der Waals surface area (Å²) in [6, 6.07) is 23.1. The molecule has 0 fully saturated rings. The molecule has 0 aliphatic rings. The van der Waals surface area contributed by atoms with E-state index in [9.17, 15) is 9.18 Å². The number of benzene rings is 3. The Morgan fingerprint density at radius 2 is 1.56 bits per heavy atom. The maximum atomic E-state index is 12.8. The van der Waals surface area contributed by atoms with E-state index in [1.807, 2.05) is 48.5 Å². The molecule has 1 N–H and O–H groups in total. The molecular weight excluding hydrogens is 317 g/mol. The van der Waals surface area contributed by atoms with E-state index in [0.29, 0.717) is 24.5 Å². The molecule has 3 aromatic carbocycles.